The first-order chi connectivity index (χ1) is 11.1. The summed E-state index contributed by atoms with van der Waals surface area (Å²) in [5.41, 5.74) is 2.35. The SMILES string of the molecule is COc1ccc(NC(=O)C(C)n2nc3c(cc2=O)CCC3)cc1. The molecule has 6 heteroatoms. The molecule has 0 radical (unpaired) electrons. The van der Waals surface area contributed by atoms with E-state index >= 15 is 0 Å². The lowest BCUT2D eigenvalue weighted by atomic mass is 10.2. The maximum atomic E-state index is 12.4. The van der Waals surface area contributed by atoms with E-state index in [0.29, 0.717) is 11.4 Å². The Morgan fingerprint density at radius 2 is 2.04 bits per heavy atom. The highest BCUT2D eigenvalue weighted by molar-refractivity contribution is 5.93. The van der Waals surface area contributed by atoms with Crippen molar-refractivity contribution in [2.75, 3.05) is 12.4 Å². The molecule has 1 aliphatic rings. The number of rotatable bonds is 4. The van der Waals surface area contributed by atoms with Gasteiger partial charge in [-0.05, 0) is 56.0 Å². The number of carbonyl (C=O) groups excluding carboxylic acids is 1. The Balaban J connectivity index is 1.78. The number of benzene rings is 1. The highest BCUT2D eigenvalue weighted by atomic mass is 16.5. The van der Waals surface area contributed by atoms with Crippen molar-refractivity contribution in [2.24, 2.45) is 0 Å². The molecule has 120 valence electrons. The second-order valence-corrected chi connectivity index (χ2v) is 5.65. The van der Waals surface area contributed by atoms with Gasteiger partial charge in [0.25, 0.3) is 5.56 Å². The van der Waals surface area contributed by atoms with Crippen LogP contribution in [-0.2, 0) is 17.6 Å². The van der Waals surface area contributed by atoms with Crippen LogP contribution in [0.3, 0.4) is 0 Å². The average molecular weight is 313 g/mol. The molecule has 1 aromatic carbocycles. The van der Waals surface area contributed by atoms with Crippen molar-refractivity contribution in [1.82, 2.24) is 9.78 Å². The summed E-state index contributed by atoms with van der Waals surface area (Å²) in [6, 6.07) is 7.97. The van der Waals surface area contributed by atoms with Gasteiger partial charge < -0.3 is 10.1 Å². The van der Waals surface area contributed by atoms with Crippen LogP contribution in [0.1, 0.15) is 30.6 Å². The van der Waals surface area contributed by atoms with Gasteiger partial charge in [0.15, 0.2) is 0 Å². The first-order valence-electron chi connectivity index (χ1n) is 7.65. The molecule has 0 aliphatic heterocycles. The fourth-order valence-electron chi connectivity index (χ4n) is 2.72. The van der Waals surface area contributed by atoms with Crippen molar-refractivity contribution < 1.29 is 9.53 Å². The van der Waals surface area contributed by atoms with Crippen LogP contribution in [0.5, 0.6) is 5.75 Å². The second kappa shape index (κ2) is 6.24. The van der Waals surface area contributed by atoms with Crippen LogP contribution in [0.4, 0.5) is 5.69 Å². The molecule has 0 saturated carbocycles. The normalized spacial score (nSPS) is 14.2. The summed E-state index contributed by atoms with van der Waals surface area (Å²) in [5.74, 6) is 0.440. The number of aryl methyl sites for hydroxylation is 2. The van der Waals surface area contributed by atoms with Crippen LogP contribution in [0.15, 0.2) is 35.1 Å². The number of ether oxygens (including phenoxy) is 1. The number of hydrogen-bond acceptors (Lipinski definition) is 4. The first-order valence-corrected chi connectivity index (χ1v) is 7.65. The maximum absolute atomic E-state index is 12.4. The molecule has 0 spiro atoms. The summed E-state index contributed by atoms with van der Waals surface area (Å²) in [5, 5.41) is 7.16. The molecular weight excluding hydrogens is 294 g/mol. The Bertz CT molecular complexity index is 781. The fraction of sp³-hybridized carbons (Fsp3) is 0.353. The molecule has 1 N–H and O–H groups in total. The predicted octanol–water partition coefficient (Wildman–Crippen LogP) is 1.94. The number of nitrogens with one attached hydrogen (secondary N) is 1. The fourth-order valence-corrected chi connectivity index (χ4v) is 2.72. The van der Waals surface area contributed by atoms with Gasteiger partial charge in [-0.25, -0.2) is 4.68 Å². The number of fused-ring (bicyclic) bond motifs is 1. The van der Waals surface area contributed by atoms with E-state index in [1.165, 1.54) is 4.68 Å². The van der Waals surface area contributed by atoms with Gasteiger partial charge in [-0.1, -0.05) is 0 Å². The third-order valence-electron chi connectivity index (χ3n) is 4.09. The minimum atomic E-state index is -0.671. The van der Waals surface area contributed by atoms with Gasteiger partial charge in [-0.3, -0.25) is 9.59 Å². The van der Waals surface area contributed by atoms with Gasteiger partial charge in [0.05, 0.1) is 12.8 Å². The van der Waals surface area contributed by atoms with Gasteiger partial charge in [-0.15, -0.1) is 0 Å². The van der Waals surface area contributed by atoms with E-state index in [1.807, 2.05) is 0 Å². The minimum absolute atomic E-state index is 0.233. The zero-order chi connectivity index (χ0) is 16.4. The predicted molar refractivity (Wildman–Crippen MR) is 86.9 cm³/mol. The maximum Gasteiger partial charge on any atom is 0.267 e. The summed E-state index contributed by atoms with van der Waals surface area (Å²) >= 11 is 0. The molecule has 1 amide bonds. The van der Waals surface area contributed by atoms with Crippen molar-refractivity contribution in [3.63, 3.8) is 0 Å². The molecule has 0 saturated heterocycles. The Hall–Kier alpha value is -2.63. The van der Waals surface area contributed by atoms with Gasteiger partial charge in [-0.2, -0.15) is 5.10 Å². The smallest absolute Gasteiger partial charge is 0.267 e. The van der Waals surface area contributed by atoms with Crippen LogP contribution >= 0.6 is 0 Å². The average Bonchev–Trinajstić information content (AvgIpc) is 3.01. The Kier molecular flexibility index (Phi) is 4.14. The molecule has 1 aliphatic carbocycles. The monoisotopic (exact) mass is 313 g/mol. The molecule has 1 atom stereocenters. The lowest BCUT2D eigenvalue weighted by molar-refractivity contribution is -0.119. The zero-order valence-electron chi connectivity index (χ0n) is 13.2. The molecule has 1 heterocycles. The molecule has 6 nitrogen and oxygen atoms in total. The van der Waals surface area contributed by atoms with Crippen LogP contribution in [-0.4, -0.2) is 22.8 Å². The lowest BCUT2D eigenvalue weighted by Crippen LogP contribution is -2.33. The summed E-state index contributed by atoms with van der Waals surface area (Å²) in [6.07, 6.45) is 2.77. The summed E-state index contributed by atoms with van der Waals surface area (Å²) in [6.45, 7) is 1.68. The van der Waals surface area contributed by atoms with Crippen molar-refractivity contribution in [1.29, 1.82) is 0 Å². The number of anilines is 1. The van der Waals surface area contributed by atoms with Crippen molar-refractivity contribution in [3.05, 3.63) is 51.9 Å². The number of carbonyl (C=O) groups is 1. The van der Waals surface area contributed by atoms with E-state index < -0.39 is 6.04 Å². The number of hydrogen-bond donors (Lipinski definition) is 1. The highest BCUT2D eigenvalue weighted by Gasteiger charge is 2.21. The first kappa shape index (κ1) is 15.3. The van der Waals surface area contributed by atoms with E-state index in [0.717, 1.165) is 30.5 Å². The molecular formula is C17H19N3O3. The molecule has 1 unspecified atom stereocenters. The second-order valence-electron chi connectivity index (χ2n) is 5.65. The van der Waals surface area contributed by atoms with E-state index in [1.54, 1.807) is 44.4 Å². The van der Waals surface area contributed by atoms with Crippen molar-refractivity contribution in [3.8, 4) is 5.75 Å². The summed E-state index contributed by atoms with van der Waals surface area (Å²) in [7, 11) is 1.58. The summed E-state index contributed by atoms with van der Waals surface area (Å²) < 4.78 is 6.35. The van der Waals surface area contributed by atoms with Crippen LogP contribution in [0, 0.1) is 0 Å². The van der Waals surface area contributed by atoms with Gasteiger partial charge >= 0.3 is 0 Å². The molecule has 0 bridgehead atoms. The molecule has 3 rings (SSSR count). The van der Waals surface area contributed by atoms with E-state index in [4.69, 9.17) is 4.74 Å². The standard InChI is InChI=1S/C17H19N3O3/c1-11(17(22)18-13-6-8-14(23-2)9-7-13)20-16(21)10-12-4-3-5-15(12)19-20/h6-11H,3-5H2,1-2H3,(H,18,22). The minimum Gasteiger partial charge on any atom is -0.497 e. The molecule has 0 fully saturated rings. The van der Waals surface area contributed by atoms with Gasteiger partial charge in [0.1, 0.15) is 11.8 Å². The molecule has 1 aromatic heterocycles. The molecule has 2 aromatic rings. The van der Waals surface area contributed by atoms with Crippen LogP contribution in [0.25, 0.3) is 0 Å². The number of amides is 1. The van der Waals surface area contributed by atoms with E-state index in [9.17, 15) is 9.59 Å². The van der Waals surface area contributed by atoms with Gasteiger partial charge in [0.2, 0.25) is 5.91 Å². The number of methoxy groups -OCH3 is 1. The zero-order valence-corrected chi connectivity index (χ0v) is 13.2. The Labute approximate surface area is 134 Å². The van der Waals surface area contributed by atoms with E-state index in [-0.39, 0.29) is 11.5 Å². The van der Waals surface area contributed by atoms with Crippen molar-refractivity contribution in [2.45, 2.75) is 32.2 Å². The van der Waals surface area contributed by atoms with Crippen molar-refractivity contribution >= 4 is 11.6 Å². The number of aromatic nitrogens is 2. The van der Waals surface area contributed by atoms with E-state index in [2.05, 4.69) is 10.4 Å². The number of nitrogens with zero attached hydrogens (tertiary/aromatic N) is 2. The third-order valence-corrected chi connectivity index (χ3v) is 4.09. The van der Waals surface area contributed by atoms with Crippen LogP contribution < -0.4 is 15.6 Å². The topological polar surface area (TPSA) is 73.2 Å². The van der Waals surface area contributed by atoms with Gasteiger partial charge in [0, 0.05) is 11.8 Å². The third kappa shape index (κ3) is 3.11. The highest BCUT2D eigenvalue weighted by Crippen LogP contribution is 2.19. The summed E-state index contributed by atoms with van der Waals surface area (Å²) in [4.78, 5) is 24.5. The molecule has 23 heavy (non-hydrogen) atoms. The lowest BCUT2D eigenvalue weighted by Gasteiger charge is -2.15. The quantitative estimate of drug-likeness (QED) is 0.936. The van der Waals surface area contributed by atoms with Crippen LogP contribution in [0.2, 0.25) is 0 Å². The largest absolute Gasteiger partial charge is 0.497 e. The Morgan fingerprint density at radius 1 is 1.30 bits per heavy atom. The Morgan fingerprint density at radius 3 is 2.74 bits per heavy atom.